The SMILES string of the molecule is COc1ccccc1-c1nc2c(N3CCN(C)CC3)nc(C)nc2n1C1CCOCC1.Cl. The van der Waals surface area contributed by atoms with E-state index in [1.807, 2.05) is 25.1 Å². The lowest BCUT2D eigenvalue weighted by Crippen LogP contribution is -2.45. The van der Waals surface area contributed by atoms with Gasteiger partial charge in [0.2, 0.25) is 0 Å². The summed E-state index contributed by atoms with van der Waals surface area (Å²) in [5, 5.41) is 0. The van der Waals surface area contributed by atoms with E-state index in [-0.39, 0.29) is 18.4 Å². The first-order valence-corrected chi connectivity index (χ1v) is 11.1. The summed E-state index contributed by atoms with van der Waals surface area (Å²) in [7, 11) is 3.87. The van der Waals surface area contributed by atoms with E-state index < -0.39 is 0 Å². The van der Waals surface area contributed by atoms with Crippen LogP contribution in [-0.2, 0) is 4.74 Å². The third-order valence-electron chi connectivity index (χ3n) is 6.34. The van der Waals surface area contributed by atoms with Crippen LogP contribution in [0.15, 0.2) is 24.3 Å². The molecule has 0 spiro atoms. The summed E-state index contributed by atoms with van der Waals surface area (Å²) in [4.78, 5) is 19.6. The molecule has 172 valence electrons. The van der Waals surface area contributed by atoms with Crippen LogP contribution < -0.4 is 9.64 Å². The molecule has 8 nitrogen and oxygen atoms in total. The fourth-order valence-electron chi connectivity index (χ4n) is 4.61. The van der Waals surface area contributed by atoms with E-state index in [1.54, 1.807) is 7.11 Å². The van der Waals surface area contributed by atoms with Crippen LogP contribution in [0.25, 0.3) is 22.6 Å². The number of halogens is 1. The van der Waals surface area contributed by atoms with Crippen molar-refractivity contribution < 1.29 is 9.47 Å². The summed E-state index contributed by atoms with van der Waals surface area (Å²) in [5.74, 6) is 3.44. The lowest BCUT2D eigenvalue weighted by atomic mass is 10.1. The van der Waals surface area contributed by atoms with Crippen molar-refractivity contribution >= 4 is 29.4 Å². The topological polar surface area (TPSA) is 68.5 Å². The van der Waals surface area contributed by atoms with Gasteiger partial charge < -0.3 is 23.8 Å². The van der Waals surface area contributed by atoms with Gasteiger partial charge in [-0.05, 0) is 38.9 Å². The van der Waals surface area contributed by atoms with Gasteiger partial charge in [0, 0.05) is 45.4 Å². The van der Waals surface area contributed by atoms with E-state index >= 15 is 0 Å². The second-order valence-corrected chi connectivity index (χ2v) is 8.41. The van der Waals surface area contributed by atoms with E-state index in [2.05, 4.69) is 27.5 Å². The molecular formula is C23H31ClN6O2. The lowest BCUT2D eigenvalue weighted by Gasteiger charge is -2.33. The normalized spacial score (nSPS) is 18.0. The van der Waals surface area contributed by atoms with Gasteiger partial charge in [-0.25, -0.2) is 15.0 Å². The highest BCUT2D eigenvalue weighted by Crippen LogP contribution is 2.38. The number of fused-ring (bicyclic) bond motifs is 1. The first kappa shape index (κ1) is 22.8. The molecule has 5 rings (SSSR count). The molecule has 0 atom stereocenters. The third kappa shape index (κ3) is 4.14. The average Bonchev–Trinajstić information content (AvgIpc) is 3.18. The van der Waals surface area contributed by atoms with Crippen LogP contribution in [0.4, 0.5) is 5.82 Å². The Balaban J connectivity index is 0.00000245. The van der Waals surface area contributed by atoms with Gasteiger partial charge in [-0.15, -0.1) is 12.4 Å². The Morgan fingerprint density at radius 1 is 1.00 bits per heavy atom. The van der Waals surface area contributed by atoms with Gasteiger partial charge in [-0.3, -0.25) is 0 Å². The highest BCUT2D eigenvalue weighted by molar-refractivity contribution is 5.88. The quantitative estimate of drug-likeness (QED) is 0.593. The molecule has 0 radical (unpaired) electrons. The molecule has 0 amide bonds. The second kappa shape index (κ2) is 9.60. The van der Waals surface area contributed by atoms with Gasteiger partial charge in [0.15, 0.2) is 17.0 Å². The number of aryl methyl sites for hydroxylation is 1. The molecule has 2 fully saturated rings. The predicted molar refractivity (Wildman–Crippen MR) is 128 cm³/mol. The summed E-state index contributed by atoms with van der Waals surface area (Å²) in [5.41, 5.74) is 2.77. The van der Waals surface area contributed by atoms with Crippen molar-refractivity contribution in [2.24, 2.45) is 0 Å². The van der Waals surface area contributed by atoms with Crippen molar-refractivity contribution in [1.82, 2.24) is 24.4 Å². The minimum Gasteiger partial charge on any atom is -0.496 e. The van der Waals surface area contributed by atoms with Gasteiger partial charge in [0.1, 0.15) is 17.4 Å². The number of hydrogen-bond acceptors (Lipinski definition) is 7. The van der Waals surface area contributed by atoms with Crippen molar-refractivity contribution in [2.75, 3.05) is 58.5 Å². The van der Waals surface area contributed by atoms with E-state index in [9.17, 15) is 0 Å². The van der Waals surface area contributed by atoms with Crippen LogP contribution in [0.3, 0.4) is 0 Å². The molecule has 1 aromatic carbocycles. The second-order valence-electron chi connectivity index (χ2n) is 8.41. The zero-order valence-corrected chi connectivity index (χ0v) is 19.8. The van der Waals surface area contributed by atoms with Crippen LogP contribution in [-0.4, -0.2) is 78.0 Å². The number of piperazine rings is 1. The Kier molecular flexibility index (Phi) is 6.83. The molecule has 0 unspecified atom stereocenters. The van der Waals surface area contributed by atoms with Gasteiger partial charge in [-0.1, -0.05) is 12.1 Å². The maximum Gasteiger partial charge on any atom is 0.166 e. The van der Waals surface area contributed by atoms with E-state index in [4.69, 9.17) is 24.4 Å². The number of aromatic nitrogens is 4. The number of nitrogens with zero attached hydrogens (tertiary/aromatic N) is 6. The Morgan fingerprint density at radius 2 is 1.72 bits per heavy atom. The number of methoxy groups -OCH3 is 1. The minimum atomic E-state index is 0. The molecule has 2 aromatic heterocycles. The number of hydrogen-bond donors (Lipinski definition) is 0. The van der Waals surface area contributed by atoms with Crippen molar-refractivity contribution in [2.45, 2.75) is 25.8 Å². The summed E-state index contributed by atoms with van der Waals surface area (Å²) >= 11 is 0. The monoisotopic (exact) mass is 458 g/mol. The van der Waals surface area contributed by atoms with Gasteiger partial charge in [0.25, 0.3) is 0 Å². The molecule has 4 heterocycles. The van der Waals surface area contributed by atoms with Crippen LogP contribution >= 0.6 is 12.4 Å². The average molecular weight is 459 g/mol. The lowest BCUT2D eigenvalue weighted by molar-refractivity contribution is 0.0708. The summed E-state index contributed by atoms with van der Waals surface area (Å²) in [6, 6.07) is 8.37. The maximum absolute atomic E-state index is 5.69. The highest BCUT2D eigenvalue weighted by atomic mass is 35.5. The molecular weight excluding hydrogens is 428 g/mol. The zero-order valence-electron chi connectivity index (χ0n) is 19.0. The van der Waals surface area contributed by atoms with Gasteiger partial charge in [0.05, 0.1) is 12.7 Å². The molecule has 2 saturated heterocycles. The van der Waals surface area contributed by atoms with E-state index in [0.29, 0.717) is 0 Å². The zero-order chi connectivity index (χ0) is 21.4. The largest absolute Gasteiger partial charge is 0.496 e. The highest BCUT2D eigenvalue weighted by Gasteiger charge is 2.28. The first-order chi connectivity index (χ1) is 15.2. The minimum absolute atomic E-state index is 0. The summed E-state index contributed by atoms with van der Waals surface area (Å²) in [6.07, 6.45) is 1.89. The van der Waals surface area contributed by atoms with Crippen molar-refractivity contribution in [3.63, 3.8) is 0 Å². The van der Waals surface area contributed by atoms with Crippen LogP contribution in [0.2, 0.25) is 0 Å². The van der Waals surface area contributed by atoms with Crippen LogP contribution in [0.5, 0.6) is 5.75 Å². The fourth-order valence-corrected chi connectivity index (χ4v) is 4.61. The molecule has 2 aliphatic heterocycles. The molecule has 0 aliphatic carbocycles. The summed E-state index contributed by atoms with van der Waals surface area (Å²) in [6.45, 7) is 7.40. The van der Waals surface area contributed by atoms with Crippen molar-refractivity contribution in [3.8, 4) is 17.1 Å². The molecule has 0 N–H and O–H groups in total. The number of ether oxygens (including phenoxy) is 2. The fraction of sp³-hybridized carbons (Fsp3) is 0.522. The number of rotatable bonds is 4. The van der Waals surface area contributed by atoms with Gasteiger partial charge >= 0.3 is 0 Å². The summed E-state index contributed by atoms with van der Waals surface area (Å²) < 4.78 is 13.6. The Hall–Kier alpha value is -2.42. The standard InChI is InChI=1S/C23H30N6O2.ClH/c1-16-24-22(28-12-10-27(2)11-13-28)20-23(25-16)29(17-8-14-31-15-9-17)21(26-20)18-6-4-5-7-19(18)30-3;/h4-7,17H,8-15H2,1-3H3;1H. The smallest absolute Gasteiger partial charge is 0.166 e. The van der Waals surface area contributed by atoms with E-state index in [0.717, 1.165) is 92.2 Å². The Morgan fingerprint density at radius 3 is 2.44 bits per heavy atom. The Bertz CT molecular complexity index is 1070. The number of anilines is 1. The molecule has 3 aromatic rings. The molecule has 0 bridgehead atoms. The first-order valence-electron chi connectivity index (χ1n) is 11.1. The molecule has 0 saturated carbocycles. The van der Waals surface area contributed by atoms with Gasteiger partial charge in [-0.2, -0.15) is 0 Å². The number of para-hydroxylation sites is 1. The molecule has 9 heteroatoms. The van der Waals surface area contributed by atoms with E-state index in [1.165, 1.54) is 0 Å². The Labute approximate surface area is 195 Å². The number of likely N-dealkylation sites (N-methyl/N-ethyl adjacent to an activating group) is 1. The predicted octanol–water partition coefficient (Wildman–Crippen LogP) is 3.34. The van der Waals surface area contributed by atoms with Crippen molar-refractivity contribution in [1.29, 1.82) is 0 Å². The number of imidazole rings is 1. The number of benzene rings is 1. The third-order valence-corrected chi connectivity index (χ3v) is 6.34. The molecule has 2 aliphatic rings. The van der Waals surface area contributed by atoms with Crippen molar-refractivity contribution in [3.05, 3.63) is 30.1 Å². The molecule has 32 heavy (non-hydrogen) atoms. The maximum atomic E-state index is 5.69. The van der Waals surface area contributed by atoms with Crippen LogP contribution in [0, 0.1) is 6.92 Å². The van der Waals surface area contributed by atoms with Crippen LogP contribution in [0.1, 0.15) is 24.7 Å².